The molecule has 1 unspecified atom stereocenters. The van der Waals surface area contributed by atoms with Crippen LogP contribution in [0.2, 0.25) is 10.0 Å². The zero-order chi connectivity index (χ0) is 13.7. The van der Waals surface area contributed by atoms with Crippen LogP contribution in [-0.2, 0) is 12.8 Å². The summed E-state index contributed by atoms with van der Waals surface area (Å²) in [6.07, 6.45) is 1.91. The Labute approximate surface area is 128 Å². The first kappa shape index (κ1) is 14.9. The van der Waals surface area contributed by atoms with Gasteiger partial charge < -0.3 is 5.32 Å². The van der Waals surface area contributed by atoms with Crippen LogP contribution in [0.5, 0.6) is 0 Å². The van der Waals surface area contributed by atoms with Gasteiger partial charge in [-0.1, -0.05) is 30.1 Å². The molecule has 0 radical (unpaired) electrons. The lowest BCUT2D eigenvalue weighted by molar-refractivity contribution is 0.522. The number of likely N-dealkylation sites (N-methyl/N-ethyl adjacent to an activating group) is 1. The zero-order valence-electron chi connectivity index (χ0n) is 10.8. The second-order valence-corrected chi connectivity index (χ2v) is 6.15. The highest BCUT2D eigenvalue weighted by molar-refractivity contribution is 7.07. The summed E-state index contributed by atoms with van der Waals surface area (Å²) < 4.78 is 0. The van der Waals surface area contributed by atoms with Crippen molar-refractivity contribution in [2.24, 2.45) is 0 Å². The van der Waals surface area contributed by atoms with E-state index in [0.29, 0.717) is 6.04 Å². The molecule has 2 rings (SSSR count). The van der Waals surface area contributed by atoms with E-state index in [9.17, 15) is 0 Å². The van der Waals surface area contributed by atoms with Gasteiger partial charge in [-0.2, -0.15) is 11.3 Å². The highest BCUT2D eigenvalue weighted by atomic mass is 35.5. The number of nitrogens with one attached hydrogen (secondary N) is 1. The van der Waals surface area contributed by atoms with Crippen LogP contribution in [0.4, 0.5) is 0 Å². The Balaban J connectivity index is 2.09. The molecule has 2 aromatic rings. The molecule has 1 heterocycles. The van der Waals surface area contributed by atoms with E-state index in [0.717, 1.165) is 35.0 Å². The van der Waals surface area contributed by atoms with Crippen molar-refractivity contribution in [1.29, 1.82) is 0 Å². The minimum Gasteiger partial charge on any atom is -0.314 e. The van der Waals surface area contributed by atoms with E-state index in [-0.39, 0.29) is 0 Å². The van der Waals surface area contributed by atoms with Crippen LogP contribution in [0, 0.1) is 0 Å². The molecule has 0 saturated carbocycles. The Morgan fingerprint density at radius 1 is 1.21 bits per heavy atom. The molecular formula is C15H17Cl2NS. The number of hydrogen-bond acceptors (Lipinski definition) is 2. The smallest absolute Gasteiger partial charge is 0.0439 e. The van der Waals surface area contributed by atoms with Crippen molar-refractivity contribution in [2.75, 3.05) is 6.54 Å². The largest absolute Gasteiger partial charge is 0.314 e. The van der Waals surface area contributed by atoms with Gasteiger partial charge in [-0.3, -0.25) is 0 Å². The summed E-state index contributed by atoms with van der Waals surface area (Å²) in [6.45, 7) is 3.08. The minimum atomic E-state index is 0.385. The van der Waals surface area contributed by atoms with Gasteiger partial charge in [-0.25, -0.2) is 0 Å². The third kappa shape index (κ3) is 4.50. The molecule has 0 aliphatic carbocycles. The predicted octanol–water partition coefficient (Wildman–Crippen LogP) is 4.82. The summed E-state index contributed by atoms with van der Waals surface area (Å²) in [5.41, 5.74) is 2.48. The van der Waals surface area contributed by atoms with Gasteiger partial charge in [0.15, 0.2) is 0 Å². The van der Waals surface area contributed by atoms with E-state index >= 15 is 0 Å². The van der Waals surface area contributed by atoms with Gasteiger partial charge in [0.05, 0.1) is 0 Å². The van der Waals surface area contributed by atoms with Gasteiger partial charge in [-0.15, -0.1) is 0 Å². The van der Waals surface area contributed by atoms with Crippen molar-refractivity contribution in [3.63, 3.8) is 0 Å². The van der Waals surface area contributed by atoms with Crippen LogP contribution in [0.25, 0.3) is 0 Å². The third-order valence-electron chi connectivity index (χ3n) is 3.03. The lowest BCUT2D eigenvalue weighted by Gasteiger charge is -2.18. The summed E-state index contributed by atoms with van der Waals surface area (Å²) in [7, 11) is 0. The first-order chi connectivity index (χ1) is 9.19. The average molecular weight is 314 g/mol. The quantitative estimate of drug-likeness (QED) is 0.806. The highest BCUT2D eigenvalue weighted by Crippen LogP contribution is 2.23. The summed E-state index contributed by atoms with van der Waals surface area (Å²) in [5.74, 6) is 0. The Hall–Kier alpha value is -0.540. The fourth-order valence-corrected chi connectivity index (χ4v) is 3.23. The maximum absolute atomic E-state index is 6.24. The van der Waals surface area contributed by atoms with Crippen molar-refractivity contribution in [3.05, 3.63) is 56.2 Å². The van der Waals surface area contributed by atoms with Gasteiger partial charge >= 0.3 is 0 Å². The monoisotopic (exact) mass is 313 g/mol. The maximum Gasteiger partial charge on any atom is 0.0439 e. The van der Waals surface area contributed by atoms with Crippen molar-refractivity contribution in [1.82, 2.24) is 5.32 Å². The lowest BCUT2D eigenvalue weighted by Crippen LogP contribution is -2.33. The molecule has 4 heteroatoms. The van der Waals surface area contributed by atoms with E-state index < -0.39 is 0 Å². The standard InChI is InChI=1S/C15H17Cl2NS/c1-2-18-14(7-11-5-6-19-10-11)9-12-8-13(16)3-4-15(12)17/h3-6,8,10,14,18H,2,7,9H2,1H3. The Morgan fingerprint density at radius 3 is 2.74 bits per heavy atom. The Bertz CT molecular complexity index is 511. The molecule has 0 spiro atoms. The second kappa shape index (κ2) is 7.30. The van der Waals surface area contributed by atoms with E-state index in [4.69, 9.17) is 23.2 Å². The first-order valence-corrected chi connectivity index (χ1v) is 8.07. The predicted molar refractivity (Wildman–Crippen MR) is 85.7 cm³/mol. The molecule has 0 aliphatic heterocycles. The van der Waals surface area contributed by atoms with Gasteiger partial charge in [0.2, 0.25) is 0 Å². The van der Waals surface area contributed by atoms with Gasteiger partial charge in [0.25, 0.3) is 0 Å². The van der Waals surface area contributed by atoms with Crippen LogP contribution in [0.1, 0.15) is 18.1 Å². The molecule has 0 amide bonds. The number of thiophene rings is 1. The first-order valence-electron chi connectivity index (χ1n) is 6.37. The van der Waals surface area contributed by atoms with E-state index in [1.807, 2.05) is 18.2 Å². The van der Waals surface area contributed by atoms with Gasteiger partial charge in [0, 0.05) is 16.1 Å². The fourth-order valence-electron chi connectivity index (χ4n) is 2.16. The van der Waals surface area contributed by atoms with Gasteiger partial charge in [-0.05, 0) is 65.5 Å². The number of benzene rings is 1. The molecule has 1 aromatic heterocycles. The van der Waals surface area contributed by atoms with Crippen LogP contribution in [0.3, 0.4) is 0 Å². The van der Waals surface area contributed by atoms with E-state index in [1.165, 1.54) is 5.56 Å². The lowest BCUT2D eigenvalue weighted by atomic mass is 10.0. The Morgan fingerprint density at radius 2 is 2.05 bits per heavy atom. The third-order valence-corrected chi connectivity index (χ3v) is 4.36. The van der Waals surface area contributed by atoms with E-state index in [1.54, 1.807) is 11.3 Å². The Kier molecular flexibility index (Phi) is 5.71. The minimum absolute atomic E-state index is 0.385. The van der Waals surface area contributed by atoms with Crippen molar-refractivity contribution in [3.8, 4) is 0 Å². The topological polar surface area (TPSA) is 12.0 Å². The molecule has 1 atom stereocenters. The second-order valence-electron chi connectivity index (χ2n) is 4.53. The molecule has 0 bridgehead atoms. The number of hydrogen-bond donors (Lipinski definition) is 1. The maximum atomic E-state index is 6.24. The van der Waals surface area contributed by atoms with Crippen LogP contribution in [-0.4, -0.2) is 12.6 Å². The molecule has 0 fully saturated rings. The van der Waals surface area contributed by atoms with Crippen LogP contribution in [0.15, 0.2) is 35.0 Å². The molecule has 19 heavy (non-hydrogen) atoms. The SMILES string of the molecule is CCNC(Cc1ccsc1)Cc1cc(Cl)ccc1Cl. The highest BCUT2D eigenvalue weighted by Gasteiger charge is 2.12. The van der Waals surface area contributed by atoms with Crippen molar-refractivity contribution >= 4 is 34.5 Å². The normalized spacial score (nSPS) is 12.6. The number of halogens is 2. The van der Waals surface area contributed by atoms with Crippen molar-refractivity contribution in [2.45, 2.75) is 25.8 Å². The average Bonchev–Trinajstić information content (AvgIpc) is 2.87. The fraction of sp³-hybridized carbons (Fsp3) is 0.333. The van der Waals surface area contributed by atoms with Gasteiger partial charge in [0.1, 0.15) is 0 Å². The zero-order valence-corrected chi connectivity index (χ0v) is 13.2. The molecule has 0 saturated heterocycles. The summed E-state index contributed by atoms with van der Waals surface area (Å²) in [6, 6.07) is 8.22. The molecule has 102 valence electrons. The molecule has 1 N–H and O–H groups in total. The molecule has 1 nitrogen and oxygen atoms in total. The molecule has 0 aliphatic rings. The number of rotatable bonds is 6. The van der Waals surface area contributed by atoms with Crippen LogP contribution >= 0.6 is 34.5 Å². The molecular weight excluding hydrogens is 297 g/mol. The summed E-state index contributed by atoms with van der Waals surface area (Å²) >= 11 is 14.0. The summed E-state index contributed by atoms with van der Waals surface area (Å²) in [4.78, 5) is 0. The van der Waals surface area contributed by atoms with Crippen molar-refractivity contribution < 1.29 is 0 Å². The molecule has 1 aromatic carbocycles. The summed E-state index contributed by atoms with van der Waals surface area (Å²) in [5, 5.41) is 9.36. The van der Waals surface area contributed by atoms with Crippen LogP contribution < -0.4 is 5.32 Å². The van der Waals surface area contributed by atoms with E-state index in [2.05, 4.69) is 29.1 Å².